The van der Waals surface area contributed by atoms with Crippen molar-refractivity contribution in [2.75, 3.05) is 0 Å². The number of aliphatic hydroxyl groups is 1. The zero-order valence-corrected chi connectivity index (χ0v) is 10.2. The van der Waals surface area contributed by atoms with Crippen molar-refractivity contribution in [1.82, 2.24) is 0 Å². The number of ketones is 1. The fourth-order valence-corrected chi connectivity index (χ4v) is 1.40. The average molecular weight is 249 g/mol. The first-order valence-corrected chi connectivity index (χ1v) is 5.53. The lowest BCUT2D eigenvalue weighted by Gasteiger charge is -2.11. The molecule has 5 heteroatoms. The van der Waals surface area contributed by atoms with Gasteiger partial charge in [-0.3, -0.25) is 14.9 Å². The first-order valence-electron chi connectivity index (χ1n) is 5.53. The van der Waals surface area contributed by atoms with E-state index in [9.17, 15) is 20.0 Å². The van der Waals surface area contributed by atoms with Crippen molar-refractivity contribution < 1.29 is 14.8 Å². The summed E-state index contributed by atoms with van der Waals surface area (Å²) < 4.78 is 0. The molecule has 1 rings (SSSR count). The number of hydrogen-bond donors (Lipinski definition) is 1. The van der Waals surface area contributed by atoms with Crippen LogP contribution in [0.1, 0.15) is 19.4 Å². The van der Waals surface area contributed by atoms with Crippen LogP contribution < -0.4 is 0 Å². The van der Waals surface area contributed by atoms with E-state index in [1.54, 1.807) is 25.1 Å². The van der Waals surface area contributed by atoms with Crippen LogP contribution in [0.5, 0.6) is 0 Å². The molecule has 1 N–H and O–H groups in total. The number of benzene rings is 1. The molecule has 0 saturated carbocycles. The number of aliphatic hydroxyl groups excluding tert-OH is 1. The van der Waals surface area contributed by atoms with Crippen molar-refractivity contribution in [1.29, 1.82) is 0 Å². The molecule has 0 aliphatic rings. The molecule has 5 nitrogen and oxygen atoms in total. The number of hydrogen-bond acceptors (Lipinski definition) is 4. The predicted molar refractivity (Wildman–Crippen MR) is 68.0 cm³/mol. The van der Waals surface area contributed by atoms with E-state index in [1.165, 1.54) is 25.1 Å². The molecule has 0 amide bonds. The Labute approximate surface area is 105 Å². The van der Waals surface area contributed by atoms with Gasteiger partial charge in [-0.25, -0.2) is 0 Å². The molecular formula is C13H15NO4. The summed E-state index contributed by atoms with van der Waals surface area (Å²) in [7, 11) is 0. The van der Waals surface area contributed by atoms with Crippen LogP contribution in [0.15, 0.2) is 30.3 Å². The highest BCUT2D eigenvalue weighted by atomic mass is 16.6. The van der Waals surface area contributed by atoms with Crippen LogP contribution in [0.3, 0.4) is 0 Å². The second kappa shape index (κ2) is 6.07. The summed E-state index contributed by atoms with van der Waals surface area (Å²) in [5, 5.41) is 20.5. The average Bonchev–Trinajstić information content (AvgIpc) is 2.35. The number of Topliss-reactive ketones (excluding diaryl/α,β-unsaturated/α-hetero) is 1. The molecule has 0 bridgehead atoms. The summed E-state index contributed by atoms with van der Waals surface area (Å²) in [5.41, 5.74) is 0.369. The third-order valence-electron chi connectivity index (χ3n) is 2.76. The highest BCUT2D eigenvalue weighted by Crippen LogP contribution is 2.19. The van der Waals surface area contributed by atoms with Gasteiger partial charge in [-0.2, -0.15) is 0 Å². The van der Waals surface area contributed by atoms with Gasteiger partial charge in [-0.1, -0.05) is 25.1 Å². The fourth-order valence-electron chi connectivity index (χ4n) is 1.40. The molecule has 0 unspecified atom stereocenters. The smallest absolute Gasteiger partial charge is 0.276 e. The summed E-state index contributed by atoms with van der Waals surface area (Å²) in [6.45, 7) is 3.00. The zero-order valence-electron chi connectivity index (χ0n) is 10.2. The number of carbonyl (C=O) groups excluding carboxylic acids is 1. The van der Waals surface area contributed by atoms with Crippen molar-refractivity contribution in [3.63, 3.8) is 0 Å². The molecule has 2 atom stereocenters. The van der Waals surface area contributed by atoms with Crippen molar-refractivity contribution in [2.45, 2.75) is 20.0 Å². The largest absolute Gasteiger partial charge is 0.388 e. The molecule has 0 heterocycles. The predicted octanol–water partition coefficient (Wildman–Crippen LogP) is 2.19. The van der Waals surface area contributed by atoms with Gasteiger partial charge in [0.25, 0.3) is 5.69 Å². The lowest BCUT2D eigenvalue weighted by atomic mass is 9.99. The van der Waals surface area contributed by atoms with Gasteiger partial charge in [-0.05, 0) is 19.1 Å². The molecule has 0 spiro atoms. The Hall–Kier alpha value is -2.01. The van der Waals surface area contributed by atoms with Crippen LogP contribution in [-0.2, 0) is 4.79 Å². The van der Waals surface area contributed by atoms with Crippen molar-refractivity contribution in [3.05, 3.63) is 46.0 Å². The molecule has 0 radical (unpaired) electrons. The minimum absolute atomic E-state index is 0.0311. The maximum atomic E-state index is 11.1. The molecular weight excluding hydrogens is 234 g/mol. The number of nitrogens with zero attached hydrogens (tertiary/aromatic N) is 1. The third kappa shape index (κ3) is 3.49. The lowest BCUT2D eigenvalue weighted by molar-refractivity contribution is -0.385. The molecule has 0 aromatic heterocycles. The highest BCUT2D eigenvalue weighted by molar-refractivity contribution is 5.79. The van der Waals surface area contributed by atoms with Gasteiger partial charge in [-0.15, -0.1) is 0 Å². The summed E-state index contributed by atoms with van der Waals surface area (Å²) in [5.74, 6) is -0.654. The molecule has 96 valence electrons. The van der Waals surface area contributed by atoms with E-state index in [0.29, 0.717) is 5.56 Å². The Bertz CT molecular complexity index is 482. The number of rotatable bonds is 5. The Morgan fingerprint density at radius 3 is 2.61 bits per heavy atom. The van der Waals surface area contributed by atoms with Crippen molar-refractivity contribution >= 4 is 17.5 Å². The number of carbonyl (C=O) groups is 1. The Morgan fingerprint density at radius 2 is 2.06 bits per heavy atom. The van der Waals surface area contributed by atoms with Gasteiger partial charge in [0.15, 0.2) is 0 Å². The van der Waals surface area contributed by atoms with E-state index in [-0.39, 0.29) is 11.5 Å². The summed E-state index contributed by atoms with van der Waals surface area (Å²) in [6.07, 6.45) is 1.92. The number of para-hydroxylation sites is 1. The zero-order chi connectivity index (χ0) is 13.7. The van der Waals surface area contributed by atoms with Crippen LogP contribution in [0, 0.1) is 16.0 Å². The Morgan fingerprint density at radius 1 is 1.44 bits per heavy atom. The first-order chi connectivity index (χ1) is 8.43. The maximum Gasteiger partial charge on any atom is 0.276 e. The Kier molecular flexibility index (Phi) is 4.74. The van der Waals surface area contributed by atoms with Gasteiger partial charge in [0, 0.05) is 12.0 Å². The standard InChI is InChI=1S/C13H15NO4/c1-9(10(2)15)13(16)8-7-11-5-3-4-6-12(11)14(17)18/h3-9,13,16H,1-2H3/b8-7+/t9-,13-/m0/s1. The van der Waals surface area contributed by atoms with Gasteiger partial charge in [0.05, 0.1) is 16.6 Å². The fraction of sp³-hybridized carbons (Fsp3) is 0.308. The summed E-state index contributed by atoms with van der Waals surface area (Å²) >= 11 is 0. The minimum Gasteiger partial charge on any atom is -0.388 e. The molecule has 0 aliphatic carbocycles. The minimum atomic E-state index is -0.942. The normalized spacial score (nSPS) is 14.4. The maximum absolute atomic E-state index is 11.1. The van der Waals surface area contributed by atoms with E-state index in [0.717, 1.165) is 0 Å². The molecule has 0 saturated heterocycles. The van der Waals surface area contributed by atoms with Crippen molar-refractivity contribution in [3.8, 4) is 0 Å². The van der Waals surface area contributed by atoms with E-state index < -0.39 is 16.9 Å². The quantitative estimate of drug-likeness (QED) is 0.640. The second-order valence-electron chi connectivity index (χ2n) is 4.06. The van der Waals surface area contributed by atoms with E-state index in [2.05, 4.69) is 0 Å². The van der Waals surface area contributed by atoms with Gasteiger partial charge in [0.1, 0.15) is 5.78 Å². The molecule has 1 aromatic carbocycles. The monoisotopic (exact) mass is 249 g/mol. The van der Waals surface area contributed by atoms with Crippen molar-refractivity contribution in [2.24, 2.45) is 5.92 Å². The van der Waals surface area contributed by atoms with Gasteiger partial charge in [0.2, 0.25) is 0 Å². The van der Waals surface area contributed by atoms with Crippen LogP contribution >= 0.6 is 0 Å². The third-order valence-corrected chi connectivity index (χ3v) is 2.76. The van der Waals surface area contributed by atoms with Gasteiger partial charge >= 0.3 is 0 Å². The summed E-state index contributed by atoms with van der Waals surface area (Å²) in [4.78, 5) is 21.3. The second-order valence-corrected chi connectivity index (χ2v) is 4.06. The number of nitro groups is 1. The Balaban J connectivity index is 2.91. The van der Waals surface area contributed by atoms with Crippen LogP contribution in [-0.4, -0.2) is 21.9 Å². The first kappa shape index (κ1) is 14.1. The molecule has 18 heavy (non-hydrogen) atoms. The summed E-state index contributed by atoms with van der Waals surface area (Å²) in [6, 6.07) is 6.22. The SMILES string of the molecule is CC(=O)[C@H](C)[C@@H](O)/C=C/c1ccccc1[N+](=O)[O-]. The van der Waals surface area contributed by atoms with E-state index >= 15 is 0 Å². The topological polar surface area (TPSA) is 80.4 Å². The molecule has 1 aromatic rings. The van der Waals surface area contributed by atoms with Crippen LogP contribution in [0.25, 0.3) is 6.08 Å². The van der Waals surface area contributed by atoms with Gasteiger partial charge < -0.3 is 5.11 Å². The molecule has 0 aliphatic heterocycles. The number of nitro benzene ring substituents is 1. The lowest BCUT2D eigenvalue weighted by Crippen LogP contribution is -2.21. The highest BCUT2D eigenvalue weighted by Gasteiger charge is 2.16. The van der Waals surface area contributed by atoms with E-state index in [4.69, 9.17) is 0 Å². The van der Waals surface area contributed by atoms with Crippen LogP contribution in [0.4, 0.5) is 5.69 Å². The van der Waals surface area contributed by atoms with E-state index in [1.807, 2.05) is 0 Å². The van der Waals surface area contributed by atoms with Crippen LogP contribution in [0.2, 0.25) is 0 Å². The molecule has 0 fully saturated rings.